The highest BCUT2D eigenvalue weighted by molar-refractivity contribution is 7.09. The lowest BCUT2D eigenvalue weighted by Gasteiger charge is -2.12. The molecule has 0 saturated carbocycles. The number of nitrogens with one attached hydrogen (secondary N) is 1. The molecule has 2 heterocycles. The minimum absolute atomic E-state index is 0.0617. The highest BCUT2D eigenvalue weighted by Gasteiger charge is 2.15. The van der Waals surface area contributed by atoms with Gasteiger partial charge >= 0.3 is 0 Å². The van der Waals surface area contributed by atoms with Gasteiger partial charge in [-0.2, -0.15) is 0 Å². The summed E-state index contributed by atoms with van der Waals surface area (Å²) in [5, 5.41) is 5.05. The van der Waals surface area contributed by atoms with E-state index in [1.54, 1.807) is 17.4 Å². The lowest BCUT2D eigenvalue weighted by molar-refractivity contribution is 0.0938. The van der Waals surface area contributed by atoms with Gasteiger partial charge in [-0.3, -0.25) is 4.79 Å². The van der Waals surface area contributed by atoms with Crippen LogP contribution in [-0.2, 0) is 6.42 Å². The molecular weight excluding hydrogens is 246 g/mol. The van der Waals surface area contributed by atoms with Crippen LogP contribution in [0.2, 0.25) is 0 Å². The molecule has 0 aliphatic rings. The van der Waals surface area contributed by atoms with Crippen LogP contribution in [0.4, 0.5) is 0 Å². The van der Waals surface area contributed by atoms with Gasteiger partial charge in [0.2, 0.25) is 0 Å². The van der Waals surface area contributed by atoms with Crippen LogP contribution >= 0.6 is 11.3 Å². The number of carbonyl (C=O) groups is 1. The van der Waals surface area contributed by atoms with Crippen LogP contribution in [-0.4, -0.2) is 11.9 Å². The molecule has 4 heteroatoms. The van der Waals surface area contributed by atoms with Crippen LogP contribution in [0.1, 0.15) is 33.7 Å². The Kier molecular flexibility index (Phi) is 3.87. The second-order valence-electron chi connectivity index (χ2n) is 4.48. The number of furan rings is 1. The molecule has 0 spiro atoms. The Morgan fingerprint density at radius 2 is 2.28 bits per heavy atom. The maximum absolute atomic E-state index is 12.1. The van der Waals surface area contributed by atoms with Crippen molar-refractivity contribution in [3.63, 3.8) is 0 Å². The number of hydrogen-bond acceptors (Lipinski definition) is 3. The second kappa shape index (κ2) is 5.40. The van der Waals surface area contributed by atoms with Crippen molar-refractivity contribution in [3.05, 3.63) is 45.5 Å². The molecule has 0 aliphatic carbocycles. The van der Waals surface area contributed by atoms with E-state index in [1.807, 2.05) is 32.2 Å². The highest BCUT2D eigenvalue weighted by Crippen LogP contribution is 2.15. The summed E-state index contributed by atoms with van der Waals surface area (Å²) in [6, 6.07) is 6.01. The van der Waals surface area contributed by atoms with E-state index < -0.39 is 0 Å². The monoisotopic (exact) mass is 263 g/mol. The van der Waals surface area contributed by atoms with Crippen molar-refractivity contribution < 1.29 is 9.21 Å². The Morgan fingerprint density at radius 1 is 1.50 bits per heavy atom. The van der Waals surface area contributed by atoms with E-state index in [4.69, 9.17) is 4.42 Å². The number of rotatable bonds is 4. The molecule has 96 valence electrons. The van der Waals surface area contributed by atoms with Gasteiger partial charge in [0.25, 0.3) is 5.91 Å². The van der Waals surface area contributed by atoms with Crippen molar-refractivity contribution in [2.75, 3.05) is 0 Å². The Balaban J connectivity index is 1.97. The Labute approximate surface area is 111 Å². The normalized spacial score (nSPS) is 12.4. The van der Waals surface area contributed by atoms with E-state index >= 15 is 0 Å². The fraction of sp³-hybridized carbons (Fsp3) is 0.357. The lowest BCUT2D eigenvalue weighted by Crippen LogP contribution is -2.34. The first kappa shape index (κ1) is 12.9. The zero-order valence-corrected chi connectivity index (χ0v) is 11.6. The summed E-state index contributed by atoms with van der Waals surface area (Å²) >= 11 is 1.71. The van der Waals surface area contributed by atoms with E-state index in [9.17, 15) is 4.79 Å². The molecule has 0 saturated heterocycles. The average Bonchev–Trinajstić information content (AvgIpc) is 2.88. The van der Waals surface area contributed by atoms with Crippen LogP contribution in [0.25, 0.3) is 0 Å². The molecule has 0 aromatic carbocycles. The first-order valence-corrected chi connectivity index (χ1v) is 6.84. The first-order valence-electron chi connectivity index (χ1n) is 5.96. The third-order valence-electron chi connectivity index (χ3n) is 2.75. The maximum Gasteiger partial charge on any atom is 0.255 e. The summed E-state index contributed by atoms with van der Waals surface area (Å²) in [6.07, 6.45) is 0.860. The summed E-state index contributed by atoms with van der Waals surface area (Å²) in [5.41, 5.74) is 0.630. The molecular formula is C14H17NO2S. The summed E-state index contributed by atoms with van der Waals surface area (Å²) in [5.74, 6) is 1.38. The minimum Gasteiger partial charge on any atom is -0.466 e. The lowest BCUT2D eigenvalue weighted by atomic mass is 10.1. The van der Waals surface area contributed by atoms with Crippen molar-refractivity contribution >= 4 is 17.2 Å². The fourth-order valence-electron chi connectivity index (χ4n) is 1.94. The molecule has 1 N–H and O–H groups in total. The zero-order chi connectivity index (χ0) is 13.1. The number of aryl methyl sites for hydroxylation is 2. The Morgan fingerprint density at radius 3 is 2.83 bits per heavy atom. The van der Waals surface area contributed by atoms with E-state index in [-0.39, 0.29) is 11.9 Å². The van der Waals surface area contributed by atoms with Crippen LogP contribution in [0.3, 0.4) is 0 Å². The topological polar surface area (TPSA) is 42.2 Å². The van der Waals surface area contributed by atoms with Gasteiger partial charge in [0.1, 0.15) is 11.5 Å². The quantitative estimate of drug-likeness (QED) is 0.919. The molecule has 0 radical (unpaired) electrons. The van der Waals surface area contributed by atoms with Crippen molar-refractivity contribution in [2.45, 2.75) is 33.2 Å². The SMILES string of the molecule is Cc1cc(C(=O)NC(C)Cc2cccs2)c(C)o1. The van der Waals surface area contributed by atoms with E-state index in [0.29, 0.717) is 11.3 Å². The molecule has 2 aromatic rings. The van der Waals surface area contributed by atoms with E-state index in [0.717, 1.165) is 12.2 Å². The smallest absolute Gasteiger partial charge is 0.255 e. The van der Waals surface area contributed by atoms with Crippen LogP contribution in [0, 0.1) is 13.8 Å². The fourth-order valence-corrected chi connectivity index (χ4v) is 2.77. The second-order valence-corrected chi connectivity index (χ2v) is 5.52. The number of thiophene rings is 1. The molecule has 0 bridgehead atoms. The molecule has 1 amide bonds. The standard InChI is InChI=1S/C14H17NO2S/c1-9(7-12-5-4-6-18-12)15-14(16)13-8-10(2)17-11(13)3/h4-6,8-9H,7H2,1-3H3,(H,15,16). The maximum atomic E-state index is 12.1. The van der Waals surface area contributed by atoms with Gasteiger partial charge in [-0.25, -0.2) is 0 Å². The predicted molar refractivity (Wildman–Crippen MR) is 73.1 cm³/mol. The van der Waals surface area contributed by atoms with E-state index in [2.05, 4.69) is 11.4 Å². The number of carbonyl (C=O) groups excluding carboxylic acids is 1. The van der Waals surface area contributed by atoms with Gasteiger partial charge in [-0.05, 0) is 38.3 Å². The molecule has 18 heavy (non-hydrogen) atoms. The summed E-state index contributed by atoms with van der Waals surface area (Å²) in [7, 11) is 0. The largest absolute Gasteiger partial charge is 0.466 e. The van der Waals surface area contributed by atoms with Gasteiger partial charge < -0.3 is 9.73 Å². The predicted octanol–water partition coefficient (Wildman–Crippen LogP) is 3.32. The van der Waals surface area contributed by atoms with Gasteiger partial charge in [-0.15, -0.1) is 11.3 Å². The average molecular weight is 263 g/mol. The summed E-state index contributed by atoms with van der Waals surface area (Å²) < 4.78 is 5.36. The van der Waals surface area contributed by atoms with E-state index in [1.165, 1.54) is 4.88 Å². The van der Waals surface area contributed by atoms with Crippen molar-refractivity contribution in [2.24, 2.45) is 0 Å². The number of amides is 1. The third kappa shape index (κ3) is 3.01. The highest BCUT2D eigenvalue weighted by atomic mass is 32.1. The van der Waals surface area contributed by atoms with Gasteiger partial charge in [0.15, 0.2) is 0 Å². The van der Waals surface area contributed by atoms with Crippen molar-refractivity contribution in [1.82, 2.24) is 5.32 Å². The van der Waals surface area contributed by atoms with Crippen LogP contribution < -0.4 is 5.32 Å². The summed E-state index contributed by atoms with van der Waals surface area (Å²) in [6.45, 7) is 5.67. The Bertz CT molecular complexity index is 528. The zero-order valence-electron chi connectivity index (χ0n) is 10.8. The van der Waals surface area contributed by atoms with Crippen LogP contribution in [0.15, 0.2) is 28.0 Å². The molecule has 2 aromatic heterocycles. The summed E-state index contributed by atoms with van der Waals surface area (Å²) in [4.78, 5) is 13.3. The molecule has 0 fully saturated rings. The minimum atomic E-state index is -0.0617. The number of hydrogen-bond donors (Lipinski definition) is 1. The van der Waals surface area contributed by atoms with Gasteiger partial charge in [0, 0.05) is 17.3 Å². The van der Waals surface area contributed by atoms with Gasteiger partial charge in [0.05, 0.1) is 5.56 Å². The molecule has 1 unspecified atom stereocenters. The molecule has 1 atom stereocenters. The van der Waals surface area contributed by atoms with Crippen LogP contribution in [0.5, 0.6) is 0 Å². The molecule has 3 nitrogen and oxygen atoms in total. The van der Waals surface area contributed by atoms with Crippen molar-refractivity contribution in [1.29, 1.82) is 0 Å². The Hall–Kier alpha value is -1.55. The van der Waals surface area contributed by atoms with Gasteiger partial charge in [-0.1, -0.05) is 6.07 Å². The molecule has 2 rings (SSSR count). The first-order chi connectivity index (χ1) is 8.56. The molecule has 0 aliphatic heterocycles. The third-order valence-corrected chi connectivity index (χ3v) is 3.65. The van der Waals surface area contributed by atoms with Crippen molar-refractivity contribution in [3.8, 4) is 0 Å².